The molecule has 0 radical (unpaired) electrons. The maximum absolute atomic E-state index is 5.90. The Morgan fingerprint density at radius 1 is 1.05 bits per heavy atom. The van der Waals surface area contributed by atoms with Crippen LogP contribution in [0.2, 0.25) is 0 Å². The first kappa shape index (κ1) is 17.2. The van der Waals surface area contributed by atoms with Crippen LogP contribution in [-0.2, 0) is 4.74 Å². The third-order valence-corrected chi connectivity index (χ3v) is 5.15. The number of nitrogens with one attached hydrogen (secondary N) is 1. The van der Waals surface area contributed by atoms with E-state index in [2.05, 4.69) is 31.0 Å². The SMILES string of the molecule is CCCNCC1(CN2C[C@@H](C)O[C@@H](C)C2)CCCCCC1. The first-order valence-corrected chi connectivity index (χ1v) is 9.22. The molecule has 0 aromatic rings. The Bertz CT molecular complexity index is 277. The van der Waals surface area contributed by atoms with E-state index in [-0.39, 0.29) is 0 Å². The Kier molecular flexibility index (Phi) is 6.97. The van der Waals surface area contributed by atoms with Crippen LogP contribution in [0.25, 0.3) is 0 Å². The molecule has 0 aromatic heterocycles. The molecule has 2 rings (SSSR count). The van der Waals surface area contributed by atoms with Crippen LogP contribution < -0.4 is 5.32 Å². The van der Waals surface area contributed by atoms with Crippen LogP contribution in [-0.4, -0.2) is 49.8 Å². The van der Waals surface area contributed by atoms with E-state index in [1.807, 2.05) is 0 Å². The molecule has 0 amide bonds. The fraction of sp³-hybridized carbons (Fsp3) is 1.00. The Hall–Kier alpha value is -0.120. The molecule has 3 nitrogen and oxygen atoms in total. The van der Waals surface area contributed by atoms with Gasteiger partial charge in [0, 0.05) is 26.2 Å². The lowest BCUT2D eigenvalue weighted by molar-refractivity contribution is -0.0788. The molecule has 2 fully saturated rings. The molecule has 0 aromatic carbocycles. The van der Waals surface area contributed by atoms with Crippen molar-refractivity contribution in [2.75, 3.05) is 32.7 Å². The van der Waals surface area contributed by atoms with E-state index in [1.165, 1.54) is 58.0 Å². The molecule has 0 spiro atoms. The predicted octanol–water partition coefficient (Wildman–Crippen LogP) is 3.44. The lowest BCUT2D eigenvalue weighted by Crippen LogP contribution is -2.51. The van der Waals surface area contributed by atoms with Gasteiger partial charge in [-0.2, -0.15) is 0 Å². The summed E-state index contributed by atoms with van der Waals surface area (Å²) in [5.74, 6) is 0. The van der Waals surface area contributed by atoms with Crippen LogP contribution in [0.1, 0.15) is 65.7 Å². The highest BCUT2D eigenvalue weighted by atomic mass is 16.5. The molecule has 1 aliphatic heterocycles. The Balaban J connectivity index is 1.96. The molecule has 1 saturated carbocycles. The van der Waals surface area contributed by atoms with Crippen molar-refractivity contribution < 1.29 is 4.74 Å². The van der Waals surface area contributed by atoms with E-state index in [1.54, 1.807) is 0 Å². The average molecular weight is 296 g/mol. The van der Waals surface area contributed by atoms with Gasteiger partial charge in [-0.1, -0.05) is 32.6 Å². The fourth-order valence-electron chi connectivity index (χ4n) is 4.29. The van der Waals surface area contributed by atoms with Gasteiger partial charge in [0.1, 0.15) is 0 Å². The zero-order chi connectivity index (χ0) is 15.1. The summed E-state index contributed by atoms with van der Waals surface area (Å²) < 4.78 is 5.90. The molecule has 1 heterocycles. The summed E-state index contributed by atoms with van der Waals surface area (Å²) in [6.07, 6.45) is 10.5. The largest absolute Gasteiger partial charge is 0.373 e. The molecule has 3 heteroatoms. The Morgan fingerprint density at radius 2 is 1.67 bits per heavy atom. The third-order valence-electron chi connectivity index (χ3n) is 5.15. The van der Waals surface area contributed by atoms with Crippen molar-refractivity contribution in [3.05, 3.63) is 0 Å². The van der Waals surface area contributed by atoms with Crippen LogP contribution in [0, 0.1) is 5.41 Å². The summed E-state index contributed by atoms with van der Waals surface area (Å²) in [6.45, 7) is 12.6. The molecular weight excluding hydrogens is 260 g/mol. The van der Waals surface area contributed by atoms with Crippen LogP contribution in [0.4, 0.5) is 0 Å². The number of nitrogens with zero attached hydrogens (tertiary/aromatic N) is 1. The maximum Gasteiger partial charge on any atom is 0.0678 e. The molecule has 1 saturated heterocycles. The summed E-state index contributed by atoms with van der Waals surface area (Å²) in [7, 11) is 0. The van der Waals surface area contributed by atoms with E-state index in [4.69, 9.17) is 4.74 Å². The lowest BCUT2D eigenvalue weighted by Gasteiger charge is -2.42. The summed E-state index contributed by atoms with van der Waals surface area (Å²) in [6, 6.07) is 0. The van der Waals surface area contributed by atoms with E-state index < -0.39 is 0 Å². The molecule has 1 aliphatic carbocycles. The van der Waals surface area contributed by atoms with E-state index >= 15 is 0 Å². The highest BCUT2D eigenvalue weighted by molar-refractivity contribution is 4.88. The standard InChI is InChI=1S/C18H36N2O/c1-4-11-19-14-18(9-7-5-6-8-10-18)15-20-12-16(2)21-17(3)13-20/h16-17,19H,4-15H2,1-3H3/t16-,17+. The number of morpholine rings is 1. The van der Waals surface area contributed by atoms with Gasteiger partial charge in [-0.3, -0.25) is 4.90 Å². The Morgan fingerprint density at radius 3 is 2.24 bits per heavy atom. The minimum atomic E-state index is 0.389. The van der Waals surface area contributed by atoms with E-state index in [9.17, 15) is 0 Å². The molecule has 124 valence electrons. The smallest absolute Gasteiger partial charge is 0.0678 e. The van der Waals surface area contributed by atoms with Gasteiger partial charge in [0.05, 0.1) is 12.2 Å². The summed E-state index contributed by atoms with van der Waals surface area (Å²) in [5, 5.41) is 3.73. The first-order valence-electron chi connectivity index (χ1n) is 9.22. The molecule has 1 N–H and O–H groups in total. The fourth-order valence-corrected chi connectivity index (χ4v) is 4.29. The summed E-state index contributed by atoms with van der Waals surface area (Å²) in [5.41, 5.74) is 0.502. The van der Waals surface area contributed by atoms with Gasteiger partial charge in [0.15, 0.2) is 0 Å². The normalized spacial score (nSPS) is 31.0. The van der Waals surface area contributed by atoms with Crippen LogP contribution in [0.5, 0.6) is 0 Å². The topological polar surface area (TPSA) is 24.5 Å². The van der Waals surface area contributed by atoms with Crippen molar-refractivity contribution in [1.82, 2.24) is 10.2 Å². The summed E-state index contributed by atoms with van der Waals surface area (Å²) in [4.78, 5) is 2.68. The minimum absolute atomic E-state index is 0.389. The van der Waals surface area contributed by atoms with Gasteiger partial charge in [-0.05, 0) is 45.1 Å². The van der Waals surface area contributed by atoms with Gasteiger partial charge in [0.2, 0.25) is 0 Å². The number of rotatable bonds is 6. The number of hydrogen-bond donors (Lipinski definition) is 1. The van der Waals surface area contributed by atoms with E-state index in [0.717, 1.165) is 19.6 Å². The quantitative estimate of drug-likeness (QED) is 0.600. The van der Waals surface area contributed by atoms with Crippen molar-refractivity contribution in [1.29, 1.82) is 0 Å². The second-order valence-electron chi connectivity index (χ2n) is 7.54. The molecule has 0 unspecified atom stereocenters. The first-order chi connectivity index (χ1) is 10.1. The summed E-state index contributed by atoms with van der Waals surface area (Å²) >= 11 is 0. The highest BCUT2D eigenvalue weighted by Crippen LogP contribution is 2.36. The van der Waals surface area contributed by atoms with Crippen molar-refractivity contribution in [2.45, 2.75) is 77.9 Å². The van der Waals surface area contributed by atoms with Crippen LogP contribution >= 0.6 is 0 Å². The van der Waals surface area contributed by atoms with Gasteiger partial charge in [0.25, 0.3) is 0 Å². The average Bonchev–Trinajstić information content (AvgIpc) is 2.64. The van der Waals surface area contributed by atoms with Gasteiger partial charge in [-0.15, -0.1) is 0 Å². The number of ether oxygens (including phenoxy) is 1. The second kappa shape index (κ2) is 8.50. The van der Waals surface area contributed by atoms with Crippen molar-refractivity contribution in [3.8, 4) is 0 Å². The maximum atomic E-state index is 5.90. The Labute approximate surface area is 131 Å². The lowest BCUT2D eigenvalue weighted by atomic mass is 9.79. The van der Waals surface area contributed by atoms with Crippen LogP contribution in [0.15, 0.2) is 0 Å². The van der Waals surface area contributed by atoms with Crippen molar-refractivity contribution >= 4 is 0 Å². The van der Waals surface area contributed by atoms with Crippen molar-refractivity contribution in [3.63, 3.8) is 0 Å². The van der Waals surface area contributed by atoms with Gasteiger partial charge < -0.3 is 10.1 Å². The molecule has 21 heavy (non-hydrogen) atoms. The minimum Gasteiger partial charge on any atom is -0.373 e. The second-order valence-corrected chi connectivity index (χ2v) is 7.54. The monoisotopic (exact) mass is 296 g/mol. The zero-order valence-corrected chi connectivity index (χ0v) is 14.5. The van der Waals surface area contributed by atoms with Crippen molar-refractivity contribution in [2.24, 2.45) is 5.41 Å². The van der Waals surface area contributed by atoms with E-state index in [0.29, 0.717) is 17.6 Å². The highest BCUT2D eigenvalue weighted by Gasteiger charge is 2.34. The third kappa shape index (κ3) is 5.54. The number of hydrogen-bond acceptors (Lipinski definition) is 3. The molecular formula is C18H36N2O. The molecule has 2 atom stereocenters. The molecule has 0 bridgehead atoms. The van der Waals surface area contributed by atoms with Crippen LogP contribution in [0.3, 0.4) is 0 Å². The zero-order valence-electron chi connectivity index (χ0n) is 14.5. The van der Waals surface area contributed by atoms with Gasteiger partial charge in [-0.25, -0.2) is 0 Å². The predicted molar refractivity (Wildman–Crippen MR) is 89.7 cm³/mol. The van der Waals surface area contributed by atoms with Gasteiger partial charge >= 0.3 is 0 Å². The molecule has 2 aliphatic rings.